The van der Waals surface area contributed by atoms with Crippen LogP contribution in [0.5, 0.6) is 0 Å². The molecule has 0 unspecified atom stereocenters. The van der Waals surface area contributed by atoms with Gasteiger partial charge in [-0.3, -0.25) is 4.79 Å². The predicted molar refractivity (Wildman–Crippen MR) is 105 cm³/mol. The predicted octanol–water partition coefficient (Wildman–Crippen LogP) is 5.10. The summed E-state index contributed by atoms with van der Waals surface area (Å²) in [6.07, 6.45) is -3.66. The first kappa shape index (κ1) is 19.1. The molecule has 1 aliphatic heterocycles. The molecular weight excluding hydrogens is 381 g/mol. The van der Waals surface area contributed by atoms with Gasteiger partial charge in [-0.1, -0.05) is 6.07 Å². The highest BCUT2D eigenvalue weighted by Gasteiger charge is 2.31. The molecule has 1 saturated heterocycles. The Hall–Kier alpha value is -3.22. The summed E-state index contributed by atoms with van der Waals surface area (Å²) in [4.78, 5) is 14.9. The van der Waals surface area contributed by atoms with Gasteiger partial charge in [-0.2, -0.15) is 13.2 Å². The summed E-state index contributed by atoms with van der Waals surface area (Å²) in [5.41, 5.74) is 1.89. The smallest absolute Gasteiger partial charge is 0.416 e. The van der Waals surface area contributed by atoms with Crippen LogP contribution in [-0.2, 0) is 6.18 Å². The molecule has 1 aliphatic rings. The number of rotatable bonds is 4. The van der Waals surface area contributed by atoms with E-state index in [0.29, 0.717) is 43.9 Å². The third-order valence-corrected chi connectivity index (χ3v) is 5.08. The molecule has 1 aromatic heterocycles. The first-order chi connectivity index (χ1) is 13.9. The zero-order chi connectivity index (χ0) is 20.4. The molecule has 0 N–H and O–H groups in total. The standard InChI is InChI=1S/C22H19F3N2O2/c23-22(24,25)17-2-1-3-19(14-17)27-12-10-26(11-13-27)18-6-4-16(5-7-18)21-9-8-20(15-28)29-21/h1-9,14-15H,10-13H2. The lowest BCUT2D eigenvalue weighted by atomic mass is 10.1. The summed E-state index contributed by atoms with van der Waals surface area (Å²) >= 11 is 0. The Bertz CT molecular complexity index is 988. The van der Waals surface area contributed by atoms with E-state index in [2.05, 4.69) is 4.90 Å². The molecule has 0 atom stereocenters. The van der Waals surface area contributed by atoms with Gasteiger partial charge >= 0.3 is 6.18 Å². The maximum atomic E-state index is 12.9. The molecule has 7 heteroatoms. The first-order valence-electron chi connectivity index (χ1n) is 9.27. The summed E-state index contributed by atoms with van der Waals surface area (Å²) in [5, 5.41) is 0. The lowest BCUT2D eigenvalue weighted by Crippen LogP contribution is -2.46. The van der Waals surface area contributed by atoms with Gasteiger partial charge in [0.2, 0.25) is 0 Å². The lowest BCUT2D eigenvalue weighted by Gasteiger charge is -2.37. The second-order valence-corrected chi connectivity index (χ2v) is 6.89. The van der Waals surface area contributed by atoms with Crippen molar-refractivity contribution in [2.24, 2.45) is 0 Å². The number of halogens is 3. The Balaban J connectivity index is 1.41. The van der Waals surface area contributed by atoms with E-state index in [1.807, 2.05) is 29.2 Å². The molecule has 0 aliphatic carbocycles. The van der Waals surface area contributed by atoms with E-state index in [1.54, 1.807) is 18.2 Å². The van der Waals surface area contributed by atoms with Crippen LogP contribution in [-0.4, -0.2) is 32.5 Å². The van der Waals surface area contributed by atoms with Crippen molar-refractivity contribution in [2.45, 2.75) is 6.18 Å². The van der Waals surface area contributed by atoms with Gasteiger partial charge in [0, 0.05) is 43.1 Å². The summed E-state index contributed by atoms with van der Waals surface area (Å²) in [7, 11) is 0. The molecule has 0 saturated carbocycles. The monoisotopic (exact) mass is 400 g/mol. The van der Waals surface area contributed by atoms with Crippen LogP contribution in [0.25, 0.3) is 11.3 Å². The van der Waals surface area contributed by atoms with Crippen molar-refractivity contribution >= 4 is 17.7 Å². The highest BCUT2D eigenvalue weighted by molar-refractivity contribution is 5.73. The van der Waals surface area contributed by atoms with Gasteiger partial charge in [0.1, 0.15) is 5.76 Å². The van der Waals surface area contributed by atoms with Gasteiger partial charge in [0.05, 0.1) is 5.56 Å². The molecule has 150 valence electrons. The highest BCUT2D eigenvalue weighted by atomic mass is 19.4. The number of furan rings is 1. The summed E-state index contributed by atoms with van der Waals surface area (Å²) in [5.74, 6) is 0.919. The third-order valence-electron chi connectivity index (χ3n) is 5.08. The zero-order valence-corrected chi connectivity index (χ0v) is 15.5. The van der Waals surface area contributed by atoms with E-state index in [0.717, 1.165) is 17.3 Å². The lowest BCUT2D eigenvalue weighted by molar-refractivity contribution is -0.137. The molecular formula is C22H19F3N2O2. The van der Waals surface area contributed by atoms with E-state index in [-0.39, 0.29) is 5.76 Å². The normalized spacial score (nSPS) is 14.9. The SMILES string of the molecule is O=Cc1ccc(-c2ccc(N3CCN(c4cccc(C(F)(F)F)c4)CC3)cc2)o1. The molecule has 1 fully saturated rings. The number of alkyl halides is 3. The minimum absolute atomic E-state index is 0.287. The first-order valence-corrected chi connectivity index (χ1v) is 9.27. The number of anilines is 2. The molecule has 29 heavy (non-hydrogen) atoms. The van der Waals surface area contributed by atoms with E-state index >= 15 is 0 Å². The van der Waals surface area contributed by atoms with Crippen LogP contribution in [0.2, 0.25) is 0 Å². The number of nitrogens with zero attached hydrogens (tertiary/aromatic N) is 2. The van der Waals surface area contributed by atoms with Crippen molar-refractivity contribution in [2.75, 3.05) is 36.0 Å². The molecule has 0 bridgehead atoms. The molecule has 0 amide bonds. The average molecular weight is 400 g/mol. The van der Waals surface area contributed by atoms with Gasteiger partial charge in [-0.25, -0.2) is 0 Å². The highest BCUT2D eigenvalue weighted by Crippen LogP contribution is 2.32. The fourth-order valence-corrected chi connectivity index (χ4v) is 3.51. The summed E-state index contributed by atoms with van der Waals surface area (Å²) < 4.78 is 44.3. The van der Waals surface area contributed by atoms with Crippen LogP contribution in [0, 0.1) is 0 Å². The van der Waals surface area contributed by atoms with Crippen molar-refractivity contribution in [3.05, 3.63) is 72.0 Å². The van der Waals surface area contributed by atoms with E-state index < -0.39 is 11.7 Å². The van der Waals surface area contributed by atoms with E-state index in [4.69, 9.17) is 4.42 Å². The van der Waals surface area contributed by atoms with Gasteiger partial charge in [-0.05, 0) is 54.6 Å². The van der Waals surface area contributed by atoms with Crippen LogP contribution in [0.1, 0.15) is 16.1 Å². The Morgan fingerprint density at radius 1 is 0.828 bits per heavy atom. The fraction of sp³-hybridized carbons (Fsp3) is 0.227. The van der Waals surface area contributed by atoms with Gasteiger partial charge in [-0.15, -0.1) is 0 Å². The van der Waals surface area contributed by atoms with Crippen molar-refractivity contribution in [1.29, 1.82) is 0 Å². The molecule has 2 heterocycles. The quantitative estimate of drug-likeness (QED) is 0.571. The zero-order valence-electron chi connectivity index (χ0n) is 15.5. The average Bonchev–Trinajstić information content (AvgIpc) is 3.23. The largest absolute Gasteiger partial charge is 0.453 e. The Morgan fingerprint density at radius 3 is 2.07 bits per heavy atom. The molecule has 2 aromatic carbocycles. The minimum atomic E-state index is -4.33. The number of piperazine rings is 1. The Morgan fingerprint density at radius 2 is 1.48 bits per heavy atom. The van der Waals surface area contributed by atoms with Gasteiger partial charge in [0.25, 0.3) is 0 Å². The number of aldehydes is 1. The van der Waals surface area contributed by atoms with Crippen LogP contribution < -0.4 is 9.80 Å². The Labute approximate surface area is 166 Å². The van der Waals surface area contributed by atoms with Crippen molar-refractivity contribution in [1.82, 2.24) is 0 Å². The molecule has 4 nitrogen and oxygen atoms in total. The van der Waals surface area contributed by atoms with Crippen molar-refractivity contribution in [3.63, 3.8) is 0 Å². The number of hydrogen-bond acceptors (Lipinski definition) is 4. The molecule has 3 aromatic rings. The van der Waals surface area contributed by atoms with Crippen LogP contribution in [0.3, 0.4) is 0 Å². The van der Waals surface area contributed by atoms with E-state index in [9.17, 15) is 18.0 Å². The number of hydrogen-bond donors (Lipinski definition) is 0. The summed E-state index contributed by atoms with van der Waals surface area (Å²) in [6.45, 7) is 2.71. The van der Waals surface area contributed by atoms with Gasteiger partial charge < -0.3 is 14.2 Å². The number of benzene rings is 2. The van der Waals surface area contributed by atoms with Crippen LogP contribution >= 0.6 is 0 Å². The van der Waals surface area contributed by atoms with Gasteiger partial charge in [0.15, 0.2) is 12.0 Å². The van der Waals surface area contributed by atoms with Crippen molar-refractivity contribution < 1.29 is 22.4 Å². The maximum absolute atomic E-state index is 12.9. The molecule has 4 rings (SSSR count). The third kappa shape index (κ3) is 4.13. The molecule has 0 spiro atoms. The second kappa shape index (κ2) is 7.66. The second-order valence-electron chi connectivity index (χ2n) is 6.89. The minimum Gasteiger partial charge on any atom is -0.453 e. The van der Waals surface area contributed by atoms with Crippen molar-refractivity contribution in [3.8, 4) is 11.3 Å². The number of carbonyl (C=O) groups is 1. The van der Waals surface area contributed by atoms with Crippen LogP contribution in [0.15, 0.2) is 65.1 Å². The topological polar surface area (TPSA) is 36.7 Å². The Kier molecular flexibility index (Phi) is 5.05. The summed E-state index contributed by atoms with van der Waals surface area (Å²) in [6, 6.07) is 16.7. The number of carbonyl (C=O) groups excluding carboxylic acids is 1. The van der Waals surface area contributed by atoms with E-state index in [1.165, 1.54) is 12.1 Å². The molecule has 0 radical (unpaired) electrons. The fourth-order valence-electron chi connectivity index (χ4n) is 3.51. The maximum Gasteiger partial charge on any atom is 0.416 e. The van der Waals surface area contributed by atoms with Crippen LogP contribution in [0.4, 0.5) is 24.5 Å².